The van der Waals surface area contributed by atoms with Crippen LogP contribution in [0.5, 0.6) is 5.75 Å². The first kappa shape index (κ1) is 15.6. The summed E-state index contributed by atoms with van der Waals surface area (Å²) in [4.78, 5) is 15.3. The molecular formula is C20H18N2O3. The minimum Gasteiger partial charge on any atom is -0.489 e. The van der Waals surface area contributed by atoms with Crippen LogP contribution in [0, 0.1) is 10.1 Å². The molecule has 0 saturated carbocycles. The normalized spacial score (nSPS) is 13.4. The number of ether oxygens (including phenoxy) is 1. The molecule has 0 bridgehead atoms. The monoisotopic (exact) mass is 334 g/mol. The van der Waals surface area contributed by atoms with E-state index >= 15 is 0 Å². The number of para-hydroxylation sites is 1. The van der Waals surface area contributed by atoms with Crippen molar-refractivity contribution in [1.82, 2.24) is 4.98 Å². The summed E-state index contributed by atoms with van der Waals surface area (Å²) >= 11 is 0. The number of aromatic nitrogens is 1. The van der Waals surface area contributed by atoms with Gasteiger partial charge in [0.05, 0.1) is 16.0 Å². The number of fused-ring (bicyclic) bond motifs is 3. The summed E-state index contributed by atoms with van der Waals surface area (Å²) in [5, 5.41) is 12.2. The van der Waals surface area contributed by atoms with Crippen molar-refractivity contribution in [3.05, 3.63) is 75.5 Å². The van der Waals surface area contributed by atoms with Gasteiger partial charge in [0.25, 0.3) is 5.69 Å². The van der Waals surface area contributed by atoms with E-state index in [1.807, 2.05) is 24.4 Å². The third-order valence-corrected chi connectivity index (χ3v) is 4.75. The second-order valence-corrected chi connectivity index (χ2v) is 6.32. The Morgan fingerprint density at radius 1 is 1.12 bits per heavy atom. The van der Waals surface area contributed by atoms with Crippen LogP contribution in [0.3, 0.4) is 0 Å². The molecule has 0 unspecified atom stereocenters. The fraction of sp³-hybridized carbons (Fsp3) is 0.250. The molecule has 25 heavy (non-hydrogen) atoms. The molecule has 0 radical (unpaired) electrons. The van der Waals surface area contributed by atoms with Crippen molar-refractivity contribution in [3.63, 3.8) is 0 Å². The van der Waals surface area contributed by atoms with Crippen LogP contribution < -0.4 is 4.74 Å². The molecule has 0 aliphatic heterocycles. The fourth-order valence-electron chi connectivity index (χ4n) is 3.46. The largest absolute Gasteiger partial charge is 0.489 e. The Bertz CT molecular complexity index is 953. The maximum absolute atomic E-state index is 11.1. The van der Waals surface area contributed by atoms with Crippen molar-refractivity contribution in [2.45, 2.75) is 32.3 Å². The van der Waals surface area contributed by atoms with Crippen molar-refractivity contribution >= 4 is 16.6 Å². The highest BCUT2D eigenvalue weighted by Crippen LogP contribution is 2.30. The molecule has 1 aromatic heterocycles. The number of hydrogen-bond acceptors (Lipinski definition) is 4. The highest BCUT2D eigenvalue weighted by atomic mass is 16.6. The number of hydrogen-bond donors (Lipinski definition) is 0. The number of rotatable bonds is 4. The molecule has 0 atom stereocenters. The van der Waals surface area contributed by atoms with Gasteiger partial charge in [0.2, 0.25) is 0 Å². The molecule has 0 saturated heterocycles. The summed E-state index contributed by atoms with van der Waals surface area (Å²) < 4.78 is 5.85. The highest BCUT2D eigenvalue weighted by Gasteiger charge is 2.15. The zero-order chi connectivity index (χ0) is 17.2. The molecule has 2 aromatic carbocycles. The van der Waals surface area contributed by atoms with E-state index in [-0.39, 0.29) is 17.2 Å². The van der Waals surface area contributed by atoms with Crippen LogP contribution in [0.1, 0.15) is 29.5 Å². The number of nitro groups is 1. The molecule has 3 aromatic rings. The fourth-order valence-corrected chi connectivity index (χ4v) is 3.46. The van der Waals surface area contributed by atoms with E-state index in [0.29, 0.717) is 11.3 Å². The van der Waals surface area contributed by atoms with Gasteiger partial charge in [-0.15, -0.1) is 0 Å². The van der Waals surface area contributed by atoms with E-state index in [1.54, 1.807) is 18.2 Å². The predicted octanol–water partition coefficient (Wildman–Crippen LogP) is 4.60. The van der Waals surface area contributed by atoms with Crippen LogP contribution >= 0.6 is 0 Å². The molecule has 1 aliphatic carbocycles. The van der Waals surface area contributed by atoms with E-state index in [2.05, 4.69) is 4.98 Å². The average Bonchev–Trinajstić information content (AvgIpc) is 2.66. The molecule has 1 heterocycles. The Labute approximate surface area is 145 Å². The number of benzene rings is 2. The second-order valence-electron chi connectivity index (χ2n) is 6.32. The Hall–Kier alpha value is -2.95. The second kappa shape index (κ2) is 6.51. The van der Waals surface area contributed by atoms with Gasteiger partial charge in [-0.1, -0.05) is 12.1 Å². The molecule has 4 rings (SSSR count). The van der Waals surface area contributed by atoms with E-state index in [4.69, 9.17) is 4.74 Å². The van der Waals surface area contributed by atoms with Crippen molar-refractivity contribution in [2.75, 3.05) is 0 Å². The molecule has 126 valence electrons. The maximum Gasteiger partial charge on any atom is 0.276 e. The molecule has 0 spiro atoms. The smallest absolute Gasteiger partial charge is 0.276 e. The highest BCUT2D eigenvalue weighted by molar-refractivity contribution is 5.84. The van der Waals surface area contributed by atoms with Gasteiger partial charge in [-0.2, -0.15) is 0 Å². The molecule has 0 fully saturated rings. The van der Waals surface area contributed by atoms with Crippen molar-refractivity contribution in [1.29, 1.82) is 0 Å². The minimum atomic E-state index is -0.376. The van der Waals surface area contributed by atoms with Gasteiger partial charge in [-0.25, -0.2) is 0 Å². The van der Waals surface area contributed by atoms with Gasteiger partial charge < -0.3 is 4.74 Å². The summed E-state index contributed by atoms with van der Waals surface area (Å²) in [5.41, 5.74) is 4.32. The summed E-state index contributed by atoms with van der Waals surface area (Å²) in [6.45, 7) is 0.172. The van der Waals surface area contributed by atoms with Gasteiger partial charge in [0, 0.05) is 17.6 Å². The number of nitrogens with zero attached hydrogens (tertiary/aromatic N) is 2. The number of aryl methyl sites for hydroxylation is 2. The molecule has 0 amide bonds. The van der Waals surface area contributed by atoms with Crippen molar-refractivity contribution < 1.29 is 9.66 Å². The van der Waals surface area contributed by atoms with Gasteiger partial charge in [0.15, 0.2) is 0 Å². The average molecular weight is 334 g/mol. The van der Waals surface area contributed by atoms with E-state index in [0.717, 1.165) is 23.7 Å². The van der Waals surface area contributed by atoms with E-state index in [9.17, 15) is 10.1 Å². The maximum atomic E-state index is 11.1. The SMILES string of the molecule is O=[N+]([O-])c1ccccc1COc1ccc2ncc3c(c2c1)CCCC3. The van der Waals surface area contributed by atoms with Crippen LogP contribution in [-0.2, 0) is 19.4 Å². The first-order valence-corrected chi connectivity index (χ1v) is 8.48. The van der Waals surface area contributed by atoms with Gasteiger partial charge in [-0.05, 0) is 61.1 Å². The Morgan fingerprint density at radius 2 is 1.96 bits per heavy atom. The van der Waals surface area contributed by atoms with Crippen LogP contribution in [0.25, 0.3) is 10.9 Å². The summed E-state index contributed by atoms with van der Waals surface area (Å²) in [7, 11) is 0. The lowest BCUT2D eigenvalue weighted by atomic mass is 9.90. The molecule has 5 nitrogen and oxygen atoms in total. The third kappa shape index (κ3) is 3.05. The first-order chi connectivity index (χ1) is 12.2. The zero-order valence-electron chi connectivity index (χ0n) is 13.8. The summed E-state index contributed by atoms with van der Waals surface area (Å²) in [6.07, 6.45) is 6.56. The third-order valence-electron chi connectivity index (χ3n) is 4.75. The van der Waals surface area contributed by atoms with Crippen LogP contribution in [0.4, 0.5) is 5.69 Å². The Morgan fingerprint density at radius 3 is 2.84 bits per heavy atom. The number of nitro benzene ring substituents is 1. The lowest BCUT2D eigenvalue weighted by Gasteiger charge is -2.17. The zero-order valence-corrected chi connectivity index (χ0v) is 13.8. The summed E-state index contributed by atoms with van der Waals surface area (Å²) in [5.74, 6) is 0.714. The van der Waals surface area contributed by atoms with Crippen LogP contribution in [-0.4, -0.2) is 9.91 Å². The standard InChI is InChI=1S/C20H18N2O3/c23-22(24)20-8-4-2-6-15(20)13-25-16-9-10-19-18(11-16)17-7-3-1-5-14(17)12-21-19/h2,4,6,8-12H,1,3,5,7,13H2. The lowest BCUT2D eigenvalue weighted by molar-refractivity contribution is -0.385. The Balaban J connectivity index is 1.63. The van der Waals surface area contributed by atoms with Crippen LogP contribution in [0.15, 0.2) is 48.7 Å². The summed E-state index contributed by atoms with van der Waals surface area (Å²) in [6, 6.07) is 12.5. The lowest BCUT2D eigenvalue weighted by Crippen LogP contribution is -2.05. The van der Waals surface area contributed by atoms with E-state index in [1.165, 1.54) is 30.0 Å². The molecule has 5 heteroatoms. The predicted molar refractivity (Wildman–Crippen MR) is 95.8 cm³/mol. The molecule has 0 N–H and O–H groups in total. The molecular weight excluding hydrogens is 316 g/mol. The van der Waals surface area contributed by atoms with Crippen molar-refractivity contribution in [3.8, 4) is 5.75 Å². The van der Waals surface area contributed by atoms with Crippen molar-refractivity contribution in [2.24, 2.45) is 0 Å². The van der Waals surface area contributed by atoms with Gasteiger partial charge >= 0.3 is 0 Å². The quantitative estimate of drug-likeness (QED) is 0.516. The topological polar surface area (TPSA) is 65.3 Å². The van der Waals surface area contributed by atoms with Crippen LogP contribution in [0.2, 0.25) is 0 Å². The Kier molecular flexibility index (Phi) is 4.06. The number of pyridine rings is 1. The van der Waals surface area contributed by atoms with Gasteiger partial charge in [-0.3, -0.25) is 15.1 Å². The van der Waals surface area contributed by atoms with E-state index < -0.39 is 0 Å². The minimum absolute atomic E-state index is 0.0855. The molecule has 1 aliphatic rings. The first-order valence-electron chi connectivity index (χ1n) is 8.48. The van der Waals surface area contributed by atoms with Gasteiger partial charge in [0.1, 0.15) is 12.4 Å².